The molecule has 0 atom stereocenters. The van der Waals surface area contributed by atoms with Crippen molar-refractivity contribution >= 4 is 29.6 Å². The van der Waals surface area contributed by atoms with E-state index in [0.29, 0.717) is 18.5 Å². The molecule has 0 fully saturated rings. The molecule has 0 aromatic heterocycles. The van der Waals surface area contributed by atoms with E-state index in [-0.39, 0.29) is 5.56 Å². The van der Waals surface area contributed by atoms with Gasteiger partial charge in [0.05, 0.1) is 18.8 Å². The first-order chi connectivity index (χ1) is 8.03. The van der Waals surface area contributed by atoms with Gasteiger partial charge in [-0.15, -0.1) is 0 Å². The van der Waals surface area contributed by atoms with E-state index < -0.39 is 12.5 Å². The molecule has 4 nitrogen and oxygen atoms in total. The van der Waals surface area contributed by atoms with Crippen molar-refractivity contribution in [1.82, 2.24) is 0 Å². The van der Waals surface area contributed by atoms with E-state index >= 15 is 0 Å². The molecule has 0 aliphatic rings. The van der Waals surface area contributed by atoms with Crippen LogP contribution in [0.4, 0.5) is 0 Å². The molecule has 94 valence electrons. The Bertz CT molecular complexity index is 437. The Hall–Kier alpha value is -0.740. The van der Waals surface area contributed by atoms with Gasteiger partial charge >= 0.3 is 5.97 Å². The summed E-state index contributed by atoms with van der Waals surface area (Å²) in [4.78, 5) is 10.9. The summed E-state index contributed by atoms with van der Waals surface area (Å²) in [5.74, 6) is -0.985. The molecular formula is C11H15O4PS. The lowest BCUT2D eigenvalue weighted by Gasteiger charge is -2.21. The highest BCUT2D eigenvalue weighted by Gasteiger charge is 2.21. The zero-order valence-corrected chi connectivity index (χ0v) is 11.5. The van der Waals surface area contributed by atoms with Crippen LogP contribution < -0.4 is 5.30 Å². The summed E-state index contributed by atoms with van der Waals surface area (Å²) in [5, 5.41) is 9.57. The number of carboxylic acids is 1. The van der Waals surface area contributed by atoms with Gasteiger partial charge in [-0.2, -0.15) is 0 Å². The van der Waals surface area contributed by atoms with Crippen LogP contribution in [0.3, 0.4) is 0 Å². The number of hydrogen-bond acceptors (Lipinski definition) is 4. The second-order valence-corrected chi connectivity index (χ2v) is 6.66. The van der Waals surface area contributed by atoms with Crippen LogP contribution in [0.25, 0.3) is 0 Å². The third-order valence-corrected chi connectivity index (χ3v) is 5.38. The Labute approximate surface area is 106 Å². The monoisotopic (exact) mass is 274 g/mol. The molecular weight excluding hydrogens is 259 g/mol. The Balaban J connectivity index is 3.14. The van der Waals surface area contributed by atoms with Crippen molar-refractivity contribution in [3.63, 3.8) is 0 Å². The average molecular weight is 274 g/mol. The lowest BCUT2D eigenvalue weighted by atomic mass is 10.2. The number of carboxylic acid groups (broad SMARTS) is 1. The van der Waals surface area contributed by atoms with Gasteiger partial charge in [-0.3, -0.25) is 0 Å². The highest BCUT2D eigenvalue weighted by atomic mass is 32.5. The molecule has 0 radical (unpaired) electrons. The average Bonchev–Trinajstić information content (AvgIpc) is 2.30. The first-order valence-electron chi connectivity index (χ1n) is 5.26. The predicted octanol–water partition coefficient (Wildman–Crippen LogP) is 2.39. The molecule has 1 N–H and O–H groups in total. The molecule has 0 saturated heterocycles. The Morgan fingerprint density at radius 3 is 2.41 bits per heavy atom. The van der Waals surface area contributed by atoms with Gasteiger partial charge in [0.1, 0.15) is 0 Å². The molecule has 0 aliphatic carbocycles. The van der Waals surface area contributed by atoms with Gasteiger partial charge < -0.3 is 14.2 Å². The van der Waals surface area contributed by atoms with Gasteiger partial charge in [0.2, 0.25) is 6.49 Å². The fourth-order valence-corrected chi connectivity index (χ4v) is 3.93. The van der Waals surface area contributed by atoms with Crippen molar-refractivity contribution in [2.75, 3.05) is 13.2 Å². The summed E-state index contributed by atoms with van der Waals surface area (Å²) in [6.07, 6.45) is 0. The van der Waals surface area contributed by atoms with Crippen LogP contribution in [0.15, 0.2) is 24.3 Å². The van der Waals surface area contributed by atoms with Gasteiger partial charge in [0.15, 0.2) is 0 Å². The lowest BCUT2D eigenvalue weighted by Crippen LogP contribution is -2.12. The van der Waals surface area contributed by atoms with Crippen LogP contribution in [0.1, 0.15) is 24.2 Å². The van der Waals surface area contributed by atoms with Crippen molar-refractivity contribution in [2.24, 2.45) is 0 Å². The number of rotatable bonds is 6. The van der Waals surface area contributed by atoms with Crippen molar-refractivity contribution in [3.8, 4) is 0 Å². The second-order valence-electron chi connectivity index (χ2n) is 3.19. The molecule has 6 heteroatoms. The van der Waals surface area contributed by atoms with Gasteiger partial charge in [-0.1, -0.05) is 6.07 Å². The van der Waals surface area contributed by atoms with Gasteiger partial charge in [0.25, 0.3) is 0 Å². The van der Waals surface area contributed by atoms with Crippen LogP contribution in [0, 0.1) is 0 Å². The third kappa shape index (κ3) is 3.61. The van der Waals surface area contributed by atoms with Crippen molar-refractivity contribution in [1.29, 1.82) is 0 Å². The maximum Gasteiger partial charge on any atom is 0.335 e. The highest BCUT2D eigenvalue weighted by molar-refractivity contribution is 8.13. The highest BCUT2D eigenvalue weighted by Crippen LogP contribution is 2.47. The SMILES string of the molecule is CCOP(=S)(OCC)c1cccc(C(=O)O)c1. The van der Waals surface area contributed by atoms with Gasteiger partial charge in [-0.25, -0.2) is 4.79 Å². The van der Waals surface area contributed by atoms with Crippen LogP contribution in [0.5, 0.6) is 0 Å². The molecule has 0 spiro atoms. The normalized spacial score (nSPS) is 11.4. The minimum Gasteiger partial charge on any atom is -0.478 e. The van der Waals surface area contributed by atoms with Crippen molar-refractivity contribution in [2.45, 2.75) is 13.8 Å². The fraction of sp³-hybridized carbons (Fsp3) is 0.364. The Morgan fingerprint density at radius 2 is 1.94 bits per heavy atom. The van der Waals surface area contributed by atoms with Crippen LogP contribution >= 0.6 is 6.49 Å². The number of aromatic carboxylic acids is 1. The van der Waals surface area contributed by atoms with E-state index in [4.69, 9.17) is 26.0 Å². The summed E-state index contributed by atoms with van der Waals surface area (Å²) in [6, 6.07) is 6.44. The summed E-state index contributed by atoms with van der Waals surface area (Å²) in [6.45, 7) is 1.98. The van der Waals surface area contributed by atoms with Gasteiger partial charge in [-0.05, 0) is 43.9 Å². The van der Waals surface area contributed by atoms with Crippen LogP contribution in [-0.2, 0) is 20.9 Å². The zero-order valence-electron chi connectivity index (χ0n) is 9.75. The summed E-state index contributed by atoms with van der Waals surface area (Å²) in [5.41, 5.74) is 0.191. The van der Waals surface area contributed by atoms with Crippen molar-refractivity contribution < 1.29 is 18.9 Å². The number of benzene rings is 1. The molecule has 1 rings (SSSR count). The quantitative estimate of drug-likeness (QED) is 0.807. The summed E-state index contributed by atoms with van der Waals surface area (Å²) in [7, 11) is 0. The van der Waals surface area contributed by atoms with Crippen LogP contribution in [0.2, 0.25) is 0 Å². The summed E-state index contributed by atoms with van der Waals surface area (Å²) >= 11 is 5.39. The fourth-order valence-electron chi connectivity index (χ4n) is 1.34. The predicted molar refractivity (Wildman–Crippen MR) is 70.6 cm³/mol. The maximum atomic E-state index is 10.9. The molecule has 1 aromatic rings. The van der Waals surface area contributed by atoms with Crippen LogP contribution in [-0.4, -0.2) is 24.3 Å². The molecule has 0 unspecified atom stereocenters. The molecule has 0 bridgehead atoms. The standard InChI is InChI=1S/C11H15O4PS/c1-3-14-16(17,15-4-2)10-7-5-6-9(8-10)11(12)13/h5-8H,3-4H2,1-2H3,(H,12,13). The molecule has 0 amide bonds. The Kier molecular flexibility index (Phi) is 5.28. The number of carbonyl (C=O) groups is 1. The zero-order chi connectivity index (χ0) is 12.9. The Morgan fingerprint density at radius 1 is 1.35 bits per heavy atom. The first kappa shape index (κ1) is 14.3. The lowest BCUT2D eigenvalue weighted by molar-refractivity contribution is 0.0697. The van der Waals surface area contributed by atoms with E-state index in [9.17, 15) is 4.79 Å². The number of hydrogen-bond donors (Lipinski definition) is 1. The van der Waals surface area contributed by atoms with Crippen molar-refractivity contribution in [3.05, 3.63) is 29.8 Å². The summed E-state index contributed by atoms with van der Waals surface area (Å²) < 4.78 is 11.0. The maximum absolute atomic E-state index is 10.9. The second kappa shape index (κ2) is 6.26. The third-order valence-electron chi connectivity index (χ3n) is 2.01. The molecule has 0 aliphatic heterocycles. The molecule has 0 heterocycles. The smallest absolute Gasteiger partial charge is 0.335 e. The molecule has 0 saturated carbocycles. The topological polar surface area (TPSA) is 55.8 Å². The van der Waals surface area contributed by atoms with E-state index in [1.807, 2.05) is 13.8 Å². The largest absolute Gasteiger partial charge is 0.478 e. The van der Waals surface area contributed by atoms with E-state index in [1.54, 1.807) is 12.1 Å². The van der Waals surface area contributed by atoms with E-state index in [0.717, 1.165) is 0 Å². The first-order valence-corrected chi connectivity index (χ1v) is 7.90. The molecule has 17 heavy (non-hydrogen) atoms. The minimum absolute atomic E-state index is 0.191. The van der Waals surface area contributed by atoms with E-state index in [1.165, 1.54) is 12.1 Å². The van der Waals surface area contributed by atoms with E-state index in [2.05, 4.69) is 0 Å². The van der Waals surface area contributed by atoms with Gasteiger partial charge in [0, 0.05) is 5.30 Å². The minimum atomic E-state index is -2.57. The molecule has 1 aromatic carbocycles.